The number of hydrogen-bond acceptors (Lipinski definition) is 5. The molecule has 0 aliphatic rings. The second kappa shape index (κ2) is 6.68. The van der Waals surface area contributed by atoms with E-state index in [2.05, 4.69) is 14.9 Å². The molecule has 1 unspecified atom stereocenters. The molecule has 0 aliphatic carbocycles. The number of aromatic nitrogens is 2. The molecule has 2 rings (SSSR count). The van der Waals surface area contributed by atoms with Gasteiger partial charge in [-0.25, -0.2) is 0 Å². The summed E-state index contributed by atoms with van der Waals surface area (Å²) in [6, 6.07) is 9.01. The summed E-state index contributed by atoms with van der Waals surface area (Å²) >= 11 is 0. The Hall–Kier alpha value is -1.93. The van der Waals surface area contributed by atoms with Crippen molar-refractivity contribution >= 4 is 0 Å². The first kappa shape index (κ1) is 15.5. The van der Waals surface area contributed by atoms with Crippen LogP contribution < -0.4 is 5.73 Å². The van der Waals surface area contributed by atoms with Crippen molar-refractivity contribution in [3.8, 4) is 0 Å². The number of benzene rings is 1. The Morgan fingerprint density at radius 2 is 1.95 bits per heavy atom. The maximum Gasteiger partial charge on any atom is 0.411 e. The molecule has 2 aromatic rings. The molecule has 0 radical (unpaired) electrons. The molecule has 1 aromatic carbocycles. The van der Waals surface area contributed by atoms with Gasteiger partial charge in [-0.1, -0.05) is 35.5 Å². The van der Waals surface area contributed by atoms with Gasteiger partial charge in [0.15, 0.2) is 5.82 Å². The molecular formula is C13H14F3N3O2. The second-order valence-electron chi connectivity index (χ2n) is 4.43. The third-order valence-corrected chi connectivity index (χ3v) is 2.63. The molecule has 0 bridgehead atoms. The van der Waals surface area contributed by atoms with Crippen molar-refractivity contribution < 1.29 is 22.4 Å². The fourth-order valence-corrected chi connectivity index (χ4v) is 1.70. The van der Waals surface area contributed by atoms with Crippen molar-refractivity contribution in [2.75, 3.05) is 6.61 Å². The van der Waals surface area contributed by atoms with Gasteiger partial charge in [0.25, 0.3) is 0 Å². The monoisotopic (exact) mass is 301 g/mol. The summed E-state index contributed by atoms with van der Waals surface area (Å²) in [6.45, 7) is -1.70. The second-order valence-corrected chi connectivity index (χ2v) is 4.43. The van der Waals surface area contributed by atoms with Gasteiger partial charge in [-0.05, 0) is 5.56 Å². The van der Waals surface area contributed by atoms with Gasteiger partial charge in [0.1, 0.15) is 13.2 Å². The maximum absolute atomic E-state index is 11.9. The third-order valence-electron chi connectivity index (χ3n) is 2.63. The SMILES string of the molecule is NC(Cc1nc(COCC(F)(F)F)no1)c1ccccc1. The minimum atomic E-state index is -4.37. The molecular weight excluding hydrogens is 287 g/mol. The molecule has 1 atom stereocenters. The topological polar surface area (TPSA) is 74.2 Å². The minimum Gasteiger partial charge on any atom is -0.364 e. The van der Waals surface area contributed by atoms with Crippen LogP contribution in [-0.2, 0) is 17.8 Å². The fourth-order valence-electron chi connectivity index (χ4n) is 1.70. The van der Waals surface area contributed by atoms with Gasteiger partial charge in [-0.3, -0.25) is 0 Å². The van der Waals surface area contributed by atoms with E-state index in [1.165, 1.54) is 0 Å². The van der Waals surface area contributed by atoms with E-state index in [1.54, 1.807) is 0 Å². The predicted octanol–water partition coefficient (Wildman–Crippen LogP) is 2.39. The van der Waals surface area contributed by atoms with Crippen LogP contribution in [0.5, 0.6) is 0 Å². The number of rotatable bonds is 6. The van der Waals surface area contributed by atoms with Crippen LogP contribution in [0.2, 0.25) is 0 Å². The predicted molar refractivity (Wildman–Crippen MR) is 67.1 cm³/mol. The van der Waals surface area contributed by atoms with E-state index in [1.807, 2.05) is 30.3 Å². The van der Waals surface area contributed by atoms with Crippen LogP contribution in [0.25, 0.3) is 0 Å². The number of hydrogen-bond donors (Lipinski definition) is 1. The van der Waals surface area contributed by atoms with Crippen molar-refractivity contribution in [3.63, 3.8) is 0 Å². The first-order chi connectivity index (χ1) is 9.94. The molecule has 0 fully saturated rings. The zero-order valence-electron chi connectivity index (χ0n) is 11.0. The van der Waals surface area contributed by atoms with E-state index >= 15 is 0 Å². The molecule has 21 heavy (non-hydrogen) atoms. The summed E-state index contributed by atoms with van der Waals surface area (Å²) in [5.41, 5.74) is 6.89. The van der Waals surface area contributed by atoms with Crippen LogP contribution in [-0.4, -0.2) is 22.9 Å². The standard InChI is InChI=1S/C13H14F3N3O2/c14-13(15,16)8-20-7-11-18-12(21-19-11)6-10(17)9-4-2-1-3-5-9/h1-5,10H,6-8,17H2. The van der Waals surface area contributed by atoms with Crippen LogP contribution in [0.4, 0.5) is 13.2 Å². The van der Waals surface area contributed by atoms with Gasteiger partial charge >= 0.3 is 6.18 Å². The Bertz CT molecular complexity index is 557. The van der Waals surface area contributed by atoms with Crippen LogP contribution in [0.3, 0.4) is 0 Å². The van der Waals surface area contributed by atoms with Gasteiger partial charge in [0.2, 0.25) is 5.89 Å². The summed E-state index contributed by atoms with van der Waals surface area (Å²) in [5.74, 6) is 0.325. The quantitative estimate of drug-likeness (QED) is 0.886. The van der Waals surface area contributed by atoms with Crippen molar-refractivity contribution in [2.24, 2.45) is 5.73 Å². The Kier molecular flexibility index (Phi) is 4.92. The van der Waals surface area contributed by atoms with Gasteiger partial charge in [-0.15, -0.1) is 0 Å². The lowest BCUT2D eigenvalue weighted by molar-refractivity contribution is -0.177. The Labute approximate surface area is 118 Å². The van der Waals surface area contributed by atoms with Gasteiger partial charge in [0, 0.05) is 12.5 Å². The molecule has 0 saturated carbocycles. The summed E-state index contributed by atoms with van der Waals surface area (Å²) in [7, 11) is 0. The molecule has 2 N–H and O–H groups in total. The normalized spacial score (nSPS) is 13.3. The summed E-state index contributed by atoms with van der Waals surface area (Å²) in [5, 5.41) is 3.55. The van der Waals surface area contributed by atoms with Crippen molar-refractivity contribution in [1.29, 1.82) is 0 Å². The van der Waals surface area contributed by atoms with E-state index in [9.17, 15) is 13.2 Å². The van der Waals surface area contributed by atoms with E-state index in [0.29, 0.717) is 6.42 Å². The van der Waals surface area contributed by atoms with Crippen LogP contribution in [0.15, 0.2) is 34.9 Å². The van der Waals surface area contributed by atoms with Crippen molar-refractivity contribution in [2.45, 2.75) is 25.2 Å². The average Bonchev–Trinajstić information content (AvgIpc) is 2.86. The van der Waals surface area contributed by atoms with E-state index in [-0.39, 0.29) is 24.4 Å². The van der Waals surface area contributed by atoms with Crippen molar-refractivity contribution in [3.05, 3.63) is 47.6 Å². The highest BCUT2D eigenvalue weighted by Crippen LogP contribution is 2.16. The maximum atomic E-state index is 11.9. The molecule has 8 heteroatoms. The third kappa shape index (κ3) is 5.16. The van der Waals surface area contributed by atoms with Gasteiger partial charge in [-0.2, -0.15) is 18.2 Å². The van der Waals surface area contributed by atoms with Gasteiger partial charge < -0.3 is 15.0 Å². The minimum absolute atomic E-state index is 0.0644. The molecule has 0 saturated heterocycles. The summed E-state index contributed by atoms with van der Waals surface area (Å²) < 4.78 is 45.1. The molecule has 1 heterocycles. The number of ether oxygens (including phenoxy) is 1. The Morgan fingerprint density at radius 1 is 1.24 bits per heavy atom. The average molecular weight is 301 g/mol. The van der Waals surface area contributed by atoms with Gasteiger partial charge in [0.05, 0.1) is 0 Å². The Balaban J connectivity index is 1.86. The highest BCUT2D eigenvalue weighted by molar-refractivity contribution is 5.19. The number of nitrogens with zero attached hydrogens (tertiary/aromatic N) is 2. The first-order valence-corrected chi connectivity index (χ1v) is 6.20. The van der Waals surface area contributed by atoms with E-state index in [4.69, 9.17) is 10.3 Å². The van der Waals surface area contributed by atoms with Crippen LogP contribution >= 0.6 is 0 Å². The van der Waals surface area contributed by atoms with E-state index < -0.39 is 12.8 Å². The fraction of sp³-hybridized carbons (Fsp3) is 0.385. The highest BCUT2D eigenvalue weighted by Gasteiger charge is 2.27. The zero-order chi connectivity index (χ0) is 15.3. The molecule has 0 amide bonds. The lowest BCUT2D eigenvalue weighted by Gasteiger charge is -2.08. The summed E-state index contributed by atoms with van der Waals surface area (Å²) in [4.78, 5) is 3.95. The van der Waals surface area contributed by atoms with Crippen molar-refractivity contribution in [1.82, 2.24) is 10.1 Å². The number of halogens is 3. The largest absolute Gasteiger partial charge is 0.411 e. The number of alkyl halides is 3. The summed E-state index contributed by atoms with van der Waals surface area (Å²) in [6.07, 6.45) is -4.07. The number of nitrogens with two attached hydrogens (primary N) is 1. The molecule has 1 aromatic heterocycles. The van der Waals surface area contributed by atoms with E-state index in [0.717, 1.165) is 5.56 Å². The molecule has 0 spiro atoms. The molecule has 114 valence electrons. The zero-order valence-corrected chi connectivity index (χ0v) is 11.0. The van der Waals surface area contributed by atoms with Crippen LogP contribution in [0, 0.1) is 0 Å². The molecule has 5 nitrogen and oxygen atoms in total. The lowest BCUT2D eigenvalue weighted by atomic mass is 10.1. The highest BCUT2D eigenvalue weighted by atomic mass is 19.4. The smallest absolute Gasteiger partial charge is 0.364 e. The molecule has 0 aliphatic heterocycles. The van der Waals surface area contributed by atoms with Crippen LogP contribution in [0.1, 0.15) is 23.3 Å². The Morgan fingerprint density at radius 3 is 2.62 bits per heavy atom. The first-order valence-electron chi connectivity index (χ1n) is 6.20. The lowest BCUT2D eigenvalue weighted by Crippen LogP contribution is -2.17.